The minimum Gasteiger partial charge on any atom is -0.482 e. The molecule has 0 aliphatic heterocycles. The number of carboxylic acid groups (broad SMARTS) is 1. The van der Waals surface area contributed by atoms with Crippen molar-refractivity contribution in [3.63, 3.8) is 0 Å². The van der Waals surface area contributed by atoms with Crippen LogP contribution in [0.3, 0.4) is 0 Å². The Morgan fingerprint density at radius 1 is 1.33 bits per heavy atom. The molecule has 7 heteroatoms. The van der Waals surface area contributed by atoms with Gasteiger partial charge < -0.3 is 15.2 Å². The maximum atomic E-state index is 12.5. The number of amides is 1. The molecular formula is C17H20N2O4S. The van der Waals surface area contributed by atoms with Crippen molar-refractivity contribution in [3.8, 4) is 5.75 Å². The molecule has 0 atom stereocenters. The number of aryl methyl sites for hydroxylation is 3. The monoisotopic (exact) mass is 348 g/mol. The molecule has 1 heterocycles. The van der Waals surface area contributed by atoms with E-state index in [0.29, 0.717) is 16.3 Å². The largest absolute Gasteiger partial charge is 0.482 e. The van der Waals surface area contributed by atoms with Crippen LogP contribution in [0, 0.1) is 13.8 Å². The van der Waals surface area contributed by atoms with Crippen molar-refractivity contribution in [1.29, 1.82) is 0 Å². The van der Waals surface area contributed by atoms with Gasteiger partial charge in [0.2, 0.25) is 0 Å². The molecule has 24 heavy (non-hydrogen) atoms. The lowest BCUT2D eigenvalue weighted by Gasteiger charge is -2.10. The van der Waals surface area contributed by atoms with Crippen LogP contribution in [-0.2, 0) is 11.2 Å². The summed E-state index contributed by atoms with van der Waals surface area (Å²) in [6, 6.07) is 5.03. The van der Waals surface area contributed by atoms with Crippen molar-refractivity contribution in [1.82, 2.24) is 4.98 Å². The molecule has 0 unspecified atom stereocenters. The second-order valence-corrected chi connectivity index (χ2v) is 6.47. The molecular weight excluding hydrogens is 328 g/mol. The molecule has 0 fully saturated rings. The van der Waals surface area contributed by atoms with Crippen LogP contribution in [0.5, 0.6) is 5.75 Å². The van der Waals surface area contributed by atoms with Crippen molar-refractivity contribution in [2.45, 2.75) is 33.6 Å². The highest BCUT2D eigenvalue weighted by atomic mass is 32.1. The summed E-state index contributed by atoms with van der Waals surface area (Å²) < 4.78 is 5.12. The molecule has 0 saturated carbocycles. The Bertz CT molecular complexity index is 755. The molecule has 2 N–H and O–H groups in total. The maximum Gasteiger partial charge on any atom is 0.341 e. The number of anilines is 1. The zero-order chi connectivity index (χ0) is 17.7. The van der Waals surface area contributed by atoms with E-state index in [4.69, 9.17) is 9.84 Å². The molecule has 2 rings (SSSR count). The van der Waals surface area contributed by atoms with Gasteiger partial charge in [-0.3, -0.25) is 4.79 Å². The molecule has 0 radical (unpaired) electrons. The van der Waals surface area contributed by atoms with E-state index < -0.39 is 12.6 Å². The highest BCUT2D eigenvalue weighted by Crippen LogP contribution is 2.24. The number of aliphatic carboxylic acids is 1. The molecule has 0 spiro atoms. The van der Waals surface area contributed by atoms with Gasteiger partial charge >= 0.3 is 5.97 Å². The van der Waals surface area contributed by atoms with E-state index in [1.807, 2.05) is 13.8 Å². The Labute approximate surface area is 144 Å². The van der Waals surface area contributed by atoms with Crippen LogP contribution in [0.2, 0.25) is 0 Å². The highest BCUT2D eigenvalue weighted by Gasteiger charge is 2.16. The SMILES string of the molecule is CCCc1nc(C)c(C(=O)Nc2ccc(OCC(=O)O)cc2C)s1. The first-order valence-electron chi connectivity index (χ1n) is 7.63. The average molecular weight is 348 g/mol. The molecule has 0 aliphatic rings. The normalized spacial score (nSPS) is 10.5. The van der Waals surface area contributed by atoms with Gasteiger partial charge in [-0.05, 0) is 50.5 Å². The fraction of sp³-hybridized carbons (Fsp3) is 0.353. The van der Waals surface area contributed by atoms with Gasteiger partial charge in [-0.15, -0.1) is 11.3 Å². The number of nitrogens with zero attached hydrogens (tertiary/aromatic N) is 1. The number of carbonyl (C=O) groups is 2. The summed E-state index contributed by atoms with van der Waals surface area (Å²) in [5, 5.41) is 12.5. The van der Waals surface area contributed by atoms with Crippen molar-refractivity contribution in [2.24, 2.45) is 0 Å². The van der Waals surface area contributed by atoms with Gasteiger partial charge in [-0.2, -0.15) is 0 Å². The third-order valence-corrected chi connectivity index (χ3v) is 4.54. The Balaban J connectivity index is 2.10. The molecule has 1 aromatic heterocycles. The van der Waals surface area contributed by atoms with Gasteiger partial charge in [0.1, 0.15) is 10.6 Å². The third kappa shape index (κ3) is 4.55. The predicted molar refractivity (Wildman–Crippen MR) is 93.1 cm³/mol. The van der Waals surface area contributed by atoms with Gasteiger partial charge in [0.25, 0.3) is 5.91 Å². The molecule has 0 bridgehead atoms. The van der Waals surface area contributed by atoms with Gasteiger partial charge in [0, 0.05) is 5.69 Å². The Morgan fingerprint density at radius 3 is 2.71 bits per heavy atom. The van der Waals surface area contributed by atoms with Crippen LogP contribution in [0.4, 0.5) is 5.69 Å². The number of carbonyl (C=O) groups excluding carboxylic acids is 1. The van der Waals surface area contributed by atoms with Crippen LogP contribution in [0.15, 0.2) is 18.2 Å². The standard InChI is InChI=1S/C17H20N2O4S/c1-4-5-14-18-11(3)16(24-14)17(22)19-13-7-6-12(8-10(13)2)23-9-15(20)21/h6-8H,4-5,9H2,1-3H3,(H,19,22)(H,20,21). The number of nitrogens with one attached hydrogen (secondary N) is 1. The third-order valence-electron chi connectivity index (χ3n) is 3.32. The highest BCUT2D eigenvalue weighted by molar-refractivity contribution is 7.13. The second-order valence-electron chi connectivity index (χ2n) is 5.39. The smallest absolute Gasteiger partial charge is 0.341 e. The summed E-state index contributed by atoms with van der Waals surface area (Å²) in [4.78, 5) is 28.0. The van der Waals surface area contributed by atoms with Crippen molar-refractivity contribution in [3.05, 3.63) is 39.3 Å². The quantitative estimate of drug-likeness (QED) is 0.800. The molecule has 0 saturated heterocycles. The van der Waals surface area contributed by atoms with E-state index in [-0.39, 0.29) is 5.91 Å². The van der Waals surface area contributed by atoms with Crippen molar-refractivity contribution >= 4 is 28.9 Å². The van der Waals surface area contributed by atoms with Crippen LogP contribution in [0.1, 0.15) is 39.3 Å². The zero-order valence-corrected chi connectivity index (χ0v) is 14.7. The fourth-order valence-corrected chi connectivity index (χ4v) is 3.24. The molecule has 1 aromatic carbocycles. The van der Waals surface area contributed by atoms with E-state index in [1.165, 1.54) is 11.3 Å². The van der Waals surface area contributed by atoms with Crippen LogP contribution in [-0.4, -0.2) is 28.6 Å². The molecule has 128 valence electrons. The van der Waals surface area contributed by atoms with E-state index >= 15 is 0 Å². The minimum atomic E-state index is -1.03. The number of benzene rings is 1. The molecule has 0 aliphatic carbocycles. The number of thiazole rings is 1. The molecule has 1 amide bonds. The second kappa shape index (κ2) is 7.92. The topological polar surface area (TPSA) is 88.5 Å². The summed E-state index contributed by atoms with van der Waals surface area (Å²) in [6.45, 7) is 5.34. The number of hydrogen-bond donors (Lipinski definition) is 2. The number of ether oxygens (including phenoxy) is 1. The summed E-state index contributed by atoms with van der Waals surface area (Å²) in [5.41, 5.74) is 2.19. The van der Waals surface area contributed by atoms with Crippen LogP contribution >= 0.6 is 11.3 Å². The Morgan fingerprint density at radius 2 is 2.08 bits per heavy atom. The predicted octanol–water partition coefficient (Wildman–Crippen LogP) is 3.43. The minimum absolute atomic E-state index is 0.186. The Kier molecular flexibility index (Phi) is 5.92. The number of carboxylic acids is 1. The van der Waals surface area contributed by atoms with Crippen molar-refractivity contribution in [2.75, 3.05) is 11.9 Å². The van der Waals surface area contributed by atoms with Gasteiger partial charge in [-0.1, -0.05) is 6.92 Å². The number of hydrogen-bond acceptors (Lipinski definition) is 5. The first-order valence-corrected chi connectivity index (χ1v) is 8.45. The van der Waals surface area contributed by atoms with Crippen LogP contribution < -0.4 is 10.1 Å². The van der Waals surface area contributed by atoms with E-state index in [2.05, 4.69) is 17.2 Å². The summed E-state index contributed by atoms with van der Waals surface area (Å²) in [7, 11) is 0. The lowest BCUT2D eigenvalue weighted by Crippen LogP contribution is -2.13. The van der Waals surface area contributed by atoms with Gasteiger partial charge in [0.15, 0.2) is 6.61 Å². The first-order chi connectivity index (χ1) is 11.4. The zero-order valence-electron chi connectivity index (χ0n) is 13.9. The summed E-state index contributed by atoms with van der Waals surface area (Å²) in [5.74, 6) is -0.768. The van der Waals surface area contributed by atoms with Gasteiger partial charge in [0.05, 0.1) is 10.7 Å². The van der Waals surface area contributed by atoms with Crippen molar-refractivity contribution < 1.29 is 19.4 Å². The number of rotatable bonds is 7. The maximum absolute atomic E-state index is 12.5. The lowest BCUT2D eigenvalue weighted by atomic mass is 10.2. The molecule has 2 aromatic rings. The average Bonchev–Trinajstić information content (AvgIpc) is 2.88. The summed E-state index contributed by atoms with van der Waals surface area (Å²) >= 11 is 1.42. The van der Waals surface area contributed by atoms with Crippen LogP contribution in [0.25, 0.3) is 0 Å². The first kappa shape index (κ1) is 17.9. The number of aromatic nitrogens is 1. The van der Waals surface area contributed by atoms with E-state index in [1.54, 1.807) is 18.2 Å². The molecule has 6 nitrogen and oxygen atoms in total. The Hall–Kier alpha value is -2.41. The van der Waals surface area contributed by atoms with E-state index in [0.717, 1.165) is 29.1 Å². The van der Waals surface area contributed by atoms with E-state index in [9.17, 15) is 9.59 Å². The summed E-state index contributed by atoms with van der Waals surface area (Å²) in [6.07, 6.45) is 1.86. The lowest BCUT2D eigenvalue weighted by molar-refractivity contribution is -0.139. The fourth-order valence-electron chi connectivity index (χ4n) is 2.17. The van der Waals surface area contributed by atoms with Gasteiger partial charge in [-0.25, -0.2) is 9.78 Å².